The predicted octanol–water partition coefficient (Wildman–Crippen LogP) is 4.72. The maximum atomic E-state index is 9.75. The third kappa shape index (κ3) is 4.95. The van der Waals surface area contributed by atoms with Gasteiger partial charge in [0.2, 0.25) is 0 Å². The minimum Gasteiger partial charge on any atom is -0.493 e. The summed E-state index contributed by atoms with van der Waals surface area (Å²) >= 11 is 0. The molecule has 3 heterocycles. The third-order valence-electron chi connectivity index (χ3n) is 7.18. The van der Waals surface area contributed by atoms with Crippen LogP contribution in [0.15, 0.2) is 42.6 Å². The van der Waals surface area contributed by atoms with Gasteiger partial charge in [-0.2, -0.15) is 5.26 Å². The average molecular weight is 483 g/mol. The Bertz CT molecular complexity index is 1330. The van der Waals surface area contributed by atoms with E-state index in [9.17, 15) is 5.26 Å². The number of nitrogens with zero attached hydrogens (tertiary/aromatic N) is 3. The van der Waals surface area contributed by atoms with E-state index in [2.05, 4.69) is 27.2 Å². The van der Waals surface area contributed by atoms with Gasteiger partial charge in [0.1, 0.15) is 6.07 Å². The van der Waals surface area contributed by atoms with E-state index >= 15 is 0 Å². The van der Waals surface area contributed by atoms with Crippen molar-refractivity contribution in [2.75, 3.05) is 51.9 Å². The second-order valence-electron chi connectivity index (χ2n) is 9.57. The van der Waals surface area contributed by atoms with E-state index in [0.29, 0.717) is 40.3 Å². The molecule has 0 unspecified atom stereocenters. The standard InChI is InChI=1S/C29H30N4O3/c1-3-21-6-4-7-23(14-21)32-28-22(17-30)18-31-25-16-26(34-2)27(15-24(25)28)36-13-5-10-33-11-8-29(9-12-33)19-35-20-29/h1,4,6-7,14-16,18H,5,8-13,19-20H2,2H3,(H,31,32). The zero-order chi connectivity index (χ0) is 25.0. The van der Waals surface area contributed by atoms with Gasteiger partial charge in [0, 0.05) is 40.9 Å². The molecule has 2 aliphatic heterocycles. The van der Waals surface area contributed by atoms with Crippen LogP contribution in [-0.2, 0) is 4.74 Å². The number of hydrogen-bond donors (Lipinski definition) is 1. The lowest BCUT2D eigenvalue weighted by Gasteiger charge is -2.47. The number of methoxy groups -OCH3 is 1. The van der Waals surface area contributed by atoms with Crippen molar-refractivity contribution in [2.45, 2.75) is 19.3 Å². The van der Waals surface area contributed by atoms with E-state index in [1.165, 1.54) is 12.8 Å². The molecule has 2 saturated heterocycles. The minimum atomic E-state index is 0.435. The van der Waals surface area contributed by atoms with Crippen LogP contribution in [0.4, 0.5) is 11.4 Å². The lowest BCUT2D eigenvalue weighted by Crippen LogP contribution is -2.51. The van der Waals surface area contributed by atoms with Crippen LogP contribution < -0.4 is 14.8 Å². The number of piperidine rings is 1. The number of benzene rings is 2. The number of anilines is 2. The molecule has 36 heavy (non-hydrogen) atoms. The van der Waals surface area contributed by atoms with Gasteiger partial charge in [0.15, 0.2) is 11.5 Å². The molecule has 2 aromatic carbocycles. The van der Waals surface area contributed by atoms with Crippen molar-refractivity contribution in [2.24, 2.45) is 5.41 Å². The number of ether oxygens (including phenoxy) is 3. The first-order valence-electron chi connectivity index (χ1n) is 12.3. The fraction of sp³-hybridized carbons (Fsp3) is 0.379. The molecule has 0 atom stereocenters. The topological polar surface area (TPSA) is 79.6 Å². The van der Waals surface area contributed by atoms with Crippen LogP contribution >= 0.6 is 0 Å². The number of fused-ring (bicyclic) bond motifs is 1. The van der Waals surface area contributed by atoms with Crippen LogP contribution in [-0.4, -0.2) is 56.4 Å². The molecular formula is C29H30N4O3. The van der Waals surface area contributed by atoms with Crippen LogP contribution in [0, 0.1) is 29.1 Å². The monoisotopic (exact) mass is 482 g/mol. The van der Waals surface area contributed by atoms with E-state index in [0.717, 1.165) is 55.9 Å². The first-order chi connectivity index (χ1) is 17.6. The Balaban J connectivity index is 1.31. The number of terminal acetylenes is 1. The van der Waals surface area contributed by atoms with Gasteiger partial charge in [-0.3, -0.25) is 4.98 Å². The number of nitrogens with one attached hydrogen (secondary N) is 1. The Morgan fingerprint density at radius 2 is 2.03 bits per heavy atom. The van der Waals surface area contributed by atoms with E-state index in [-0.39, 0.29) is 0 Å². The number of aromatic nitrogens is 1. The van der Waals surface area contributed by atoms with Crippen LogP contribution in [0.25, 0.3) is 10.9 Å². The number of hydrogen-bond acceptors (Lipinski definition) is 7. The lowest BCUT2D eigenvalue weighted by molar-refractivity contribution is -0.139. The Kier molecular flexibility index (Phi) is 6.95. The van der Waals surface area contributed by atoms with Gasteiger partial charge in [-0.1, -0.05) is 12.0 Å². The molecule has 5 rings (SSSR count). The normalized spacial score (nSPS) is 16.6. The highest BCUT2D eigenvalue weighted by molar-refractivity contribution is 5.97. The molecule has 3 aromatic rings. The molecule has 184 valence electrons. The highest BCUT2D eigenvalue weighted by Gasteiger charge is 2.40. The molecule has 1 aromatic heterocycles. The Morgan fingerprint density at radius 3 is 2.72 bits per heavy atom. The van der Waals surface area contributed by atoms with Gasteiger partial charge < -0.3 is 24.4 Å². The Hall–Kier alpha value is -3.78. The summed E-state index contributed by atoms with van der Waals surface area (Å²) in [6.45, 7) is 5.69. The second-order valence-corrected chi connectivity index (χ2v) is 9.57. The van der Waals surface area contributed by atoms with E-state index < -0.39 is 0 Å². The molecule has 7 heteroatoms. The molecular weight excluding hydrogens is 452 g/mol. The molecule has 2 fully saturated rings. The zero-order valence-electron chi connectivity index (χ0n) is 20.5. The first-order valence-corrected chi connectivity index (χ1v) is 12.3. The molecule has 0 amide bonds. The fourth-order valence-electron chi connectivity index (χ4n) is 4.92. The summed E-state index contributed by atoms with van der Waals surface area (Å²) in [5, 5.41) is 13.9. The first kappa shape index (κ1) is 23.9. The van der Waals surface area contributed by atoms with Gasteiger partial charge in [-0.15, -0.1) is 6.42 Å². The van der Waals surface area contributed by atoms with Crippen molar-refractivity contribution >= 4 is 22.3 Å². The van der Waals surface area contributed by atoms with Gasteiger partial charge in [0.25, 0.3) is 0 Å². The maximum absolute atomic E-state index is 9.75. The fourth-order valence-corrected chi connectivity index (χ4v) is 4.92. The highest BCUT2D eigenvalue weighted by Crippen LogP contribution is 2.39. The quantitative estimate of drug-likeness (QED) is 0.368. The van der Waals surface area contributed by atoms with Gasteiger partial charge >= 0.3 is 0 Å². The molecule has 7 nitrogen and oxygen atoms in total. The summed E-state index contributed by atoms with van der Waals surface area (Å²) in [5.74, 6) is 3.89. The van der Waals surface area contributed by atoms with Crippen LogP contribution in [0.5, 0.6) is 11.5 Å². The van der Waals surface area contributed by atoms with Crippen molar-refractivity contribution in [3.05, 3.63) is 53.7 Å². The number of pyridine rings is 1. The van der Waals surface area contributed by atoms with Crippen molar-refractivity contribution in [1.82, 2.24) is 9.88 Å². The summed E-state index contributed by atoms with van der Waals surface area (Å²) < 4.78 is 17.2. The zero-order valence-corrected chi connectivity index (χ0v) is 20.5. The van der Waals surface area contributed by atoms with Crippen LogP contribution in [0.3, 0.4) is 0 Å². The second kappa shape index (κ2) is 10.5. The SMILES string of the molecule is C#Cc1cccc(Nc2c(C#N)cnc3cc(OC)c(OCCCN4CCC5(CC4)COC5)cc23)c1. The molecule has 1 N–H and O–H groups in total. The number of likely N-dealkylation sites (tertiary alicyclic amines) is 1. The summed E-state index contributed by atoms with van der Waals surface area (Å²) in [7, 11) is 1.62. The van der Waals surface area contributed by atoms with Crippen molar-refractivity contribution in [3.63, 3.8) is 0 Å². The minimum absolute atomic E-state index is 0.435. The highest BCUT2D eigenvalue weighted by atomic mass is 16.5. The van der Waals surface area contributed by atoms with Crippen LogP contribution in [0.2, 0.25) is 0 Å². The van der Waals surface area contributed by atoms with E-state index in [1.54, 1.807) is 13.3 Å². The van der Waals surface area contributed by atoms with Crippen molar-refractivity contribution < 1.29 is 14.2 Å². The van der Waals surface area contributed by atoms with Crippen molar-refractivity contribution in [1.29, 1.82) is 5.26 Å². The largest absolute Gasteiger partial charge is 0.493 e. The summed E-state index contributed by atoms with van der Waals surface area (Å²) in [5.41, 5.74) is 3.80. The number of nitriles is 1. The molecule has 0 aliphatic carbocycles. The third-order valence-corrected chi connectivity index (χ3v) is 7.18. The van der Waals surface area contributed by atoms with E-state index in [4.69, 9.17) is 20.6 Å². The van der Waals surface area contributed by atoms with Gasteiger partial charge in [0.05, 0.1) is 43.7 Å². The molecule has 0 saturated carbocycles. The maximum Gasteiger partial charge on any atom is 0.162 e. The predicted molar refractivity (Wildman–Crippen MR) is 140 cm³/mol. The van der Waals surface area contributed by atoms with Crippen molar-refractivity contribution in [3.8, 4) is 29.9 Å². The molecule has 0 bridgehead atoms. The Morgan fingerprint density at radius 1 is 1.19 bits per heavy atom. The smallest absolute Gasteiger partial charge is 0.162 e. The molecule has 0 radical (unpaired) electrons. The summed E-state index contributed by atoms with van der Waals surface area (Å²) in [6.07, 6.45) is 10.5. The number of rotatable bonds is 8. The van der Waals surface area contributed by atoms with Gasteiger partial charge in [-0.05, 0) is 56.6 Å². The Labute approximate surface area is 212 Å². The molecule has 1 spiro atoms. The van der Waals surface area contributed by atoms with E-state index in [1.807, 2.05) is 36.4 Å². The molecule has 2 aliphatic rings. The lowest BCUT2D eigenvalue weighted by atomic mass is 9.77. The van der Waals surface area contributed by atoms with Gasteiger partial charge in [-0.25, -0.2) is 0 Å². The van der Waals surface area contributed by atoms with Crippen LogP contribution in [0.1, 0.15) is 30.4 Å². The summed E-state index contributed by atoms with van der Waals surface area (Å²) in [4.78, 5) is 6.99. The average Bonchev–Trinajstić information content (AvgIpc) is 2.90. The summed E-state index contributed by atoms with van der Waals surface area (Å²) in [6, 6.07) is 13.5.